The number of carbonyl (C=O) groups is 4. The van der Waals surface area contributed by atoms with Crippen LogP contribution in [-0.4, -0.2) is 68.6 Å². The third-order valence-corrected chi connectivity index (χ3v) is 8.40. The second kappa shape index (κ2) is 10.9. The minimum Gasteiger partial charge on any atom is -0.457 e. The van der Waals surface area contributed by atoms with Gasteiger partial charge in [0.05, 0.1) is 22.9 Å². The molecule has 2 aliphatic heterocycles. The first-order valence-corrected chi connectivity index (χ1v) is 13.8. The Hall–Kier alpha value is -4.03. The highest BCUT2D eigenvalue weighted by Crippen LogP contribution is 2.51. The summed E-state index contributed by atoms with van der Waals surface area (Å²) in [4.78, 5) is 57.4. The highest BCUT2D eigenvalue weighted by atomic mass is 32.1. The molecule has 0 spiro atoms. The van der Waals surface area contributed by atoms with Crippen LogP contribution in [0, 0.1) is 11.8 Å². The van der Waals surface area contributed by atoms with Crippen molar-refractivity contribution < 1.29 is 38.5 Å². The number of nitrogens with zero attached hydrogens (tertiary/aromatic N) is 3. The number of ether oxygens (including phenoxy) is 3. The van der Waals surface area contributed by atoms with Crippen LogP contribution >= 0.6 is 11.3 Å². The third-order valence-electron chi connectivity index (χ3n) is 7.26. The second-order valence-corrected chi connectivity index (χ2v) is 10.8. The van der Waals surface area contributed by atoms with Crippen LogP contribution in [0.1, 0.15) is 48.6 Å². The van der Waals surface area contributed by atoms with E-state index in [1.165, 1.54) is 29.5 Å². The Morgan fingerprint density at radius 3 is 2.60 bits per heavy atom. The Labute approximate surface area is 234 Å². The number of fused-ring (bicyclic) bond motifs is 2. The van der Waals surface area contributed by atoms with Crippen molar-refractivity contribution in [2.75, 3.05) is 13.2 Å². The Morgan fingerprint density at radius 2 is 1.90 bits per heavy atom. The van der Waals surface area contributed by atoms with Crippen LogP contribution in [0.3, 0.4) is 0 Å². The molecule has 1 fully saturated rings. The normalized spacial score (nSPS) is 20.8. The monoisotopic (exact) mass is 567 g/mol. The van der Waals surface area contributed by atoms with Crippen molar-refractivity contribution in [3.05, 3.63) is 58.6 Å². The van der Waals surface area contributed by atoms with Crippen molar-refractivity contribution in [1.82, 2.24) is 14.3 Å². The summed E-state index contributed by atoms with van der Waals surface area (Å²) in [5.41, 5.74) is 1.84. The minimum absolute atomic E-state index is 0.0840. The summed E-state index contributed by atoms with van der Waals surface area (Å²) in [5, 5.41) is 10.2. The number of aliphatic hydroxyl groups excluding tert-OH is 1. The van der Waals surface area contributed by atoms with Crippen LogP contribution in [0.25, 0.3) is 10.4 Å². The maximum atomic E-state index is 13.4. The van der Waals surface area contributed by atoms with Gasteiger partial charge in [0.2, 0.25) is 5.91 Å². The van der Waals surface area contributed by atoms with E-state index in [0.717, 1.165) is 5.56 Å². The summed E-state index contributed by atoms with van der Waals surface area (Å²) >= 11 is 1.29. The van der Waals surface area contributed by atoms with Crippen LogP contribution in [0.5, 0.6) is 5.75 Å². The van der Waals surface area contributed by atoms with Gasteiger partial charge in [-0.05, 0) is 25.0 Å². The quantitative estimate of drug-likeness (QED) is 0.135. The number of rotatable bonds is 9. The fraction of sp³-hybridized carbons (Fsp3) is 0.393. The molecule has 2 aromatic heterocycles. The molecule has 11 nitrogen and oxygen atoms in total. The number of hydrogen-bond acceptors (Lipinski definition) is 10. The van der Waals surface area contributed by atoms with Gasteiger partial charge in [-0.3, -0.25) is 14.0 Å². The minimum atomic E-state index is -0.923. The standard InChI is InChI=1S/C28H29N3O8S/c1-5-17-8-6-7-9-18(17)39-28(36)38-11-10-37-27(35)24-20(14(2)23-21(15(3)32)25(34)31(23)24)19-12-30-13-29-22(16(4)33)26(30)40-19/h6-9,12-15,21,23,32H,5,10-11H2,1-4H3/t14-,15?,21+,23+/m0/s1. The molecule has 1 aromatic carbocycles. The molecule has 40 heavy (non-hydrogen) atoms. The molecule has 1 saturated heterocycles. The molecule has 4 atom stereocenters. The molecule has 0 saturated carbocycles. The van der Waals surface area contributed by atoms with E-state index in [1.807, 2.05) is 26.0 Å². The number of para-hydroxylation sites is 1. The molecule has 0 aliphatic carbocycles. The van der Waals surface area contributed by atoms with Crippen LogP contribution < -0.4 is 4.74 Å². The first kappa shape index (κ1) is 27.5. The summed E-state index contributed by atoms with van der Waals surface area (Å²) in [7, 11) is 0. The number of benzene rings is 1. The Balaban J connectivity index is 1.33. The van der Waals surface area contributed by atoms with E-state index in [9.17, 15) is 24.3 Å². The molecule has 1 N–H and O–H groups in total. The van der Waals surface area contributed by atoms with E-state index in [-0.39, 0.29) is 36.5 Å². The number of Topliss-reactive ketones (excluding diaryl/α,β-unsaturated/α-hetero) is 1. The van der Waals surface area contributed by atoms with Gasteiger partial charge >= 0.3 is 12.1 Å². The average molecular weight is 568 g/mol. The molecule has 1 amide bonds. The number of amides is 1. The summed E-state index contributed by atoms with van der Waals surface area (Å²) in [5.74, 6) is -1.85. The zero-order chi connectivity index (χ0) is 28.7. The maximum absolute atomic E-state index is 13.4. The summed E-state index contributed by atoms with van der Waals surface area (Å²) in [6.07, 6.45) is 2.15. The number of aliphatic hydroxyl groups is 1. The highest BCUT2D eigenvalue weighted by molar-refractivity contribution is 7.18. The fourth-order valence-electron chi connectivity index (χ4n) is 5.39. The lowest BCUT2D eigenvalue weighted by molar-refractivity contribution is -0.164. The van der Waals surface area contributed by atoms with Gasteiger partial charge in [0, 0.05) is 24.6 Å². The second-order valence-electron chi connectivity index (χ2n) is 9.77. The maximum Gasteiger partial charge on any atom is 0.513 e. The first-order chi connectivity index (χ1) is 19.1. The number of aromatic nitrogens is 2. The van der Waals surface area contributed by atoms with Gasteiger partial charge in [-0.15, -0.1) is 11.3 Å². The van der Waals surface area contributed by atoms with E-state index < -0.39 is 30.2 Å². The Kier molecular flexibility index (Phi) is 7.47. The lowest BCUT2D eigenvalue weighted by atomic mass is 9.77. The number of aryl methyl sites for hydroxylation is 1. The van der Waals surface area contributed by atoms with Crippen molar-refractivity contribution in [2.45, 2.75) is 46.3 Å². The predicted octanol–water partition coefficient (Wildman–Crippen LogP) is 3.49. The van der Waals surface area contributed by atoms with Crippen molar-refractivity contribution in [3.8, 4) is 5.75 Å². The SMILES string of the molecule is CCc1ccccc1OC(=O)OCCOC(=O)C1=C(c2cn3cnc(C(C)=O)c3s2)[C@H](C)[C@@H]2[C@@H](C(C)O)C(=O)N12. The van der Waals surface area contributed by atoms with Gasteiger partial charge in [-0.1, -0.05) is 32.0 Å². The molecule has 0 bridgehead atoms. The third kappa shape index (κ3) is 4.66. The Bertz CT molecular complexity index is 1540. The molecule has 5 rings (SSSR count). The average Bonchev–Trinajstić information content (AvgIpc) is 3.56. The van der Waals surface area contributed by atoms with Gasteiger partial charge in [0.15, 0.2) is 5.78 Å². The van der Waals surface area contributed by atoms with Crippen molar-refractivity contribution >= 4 is 45.6 Å². The largest absolute Gasteiger partial charge is 0.513 e. The molecule has 12 heteroatoms. The summed E-state index contributed by atoms with van der Waals surface area (Å²) < 4.78 is 17.5. The van der Waals surface area contributed by atoms with Gasteiger partial charge in [0.25, 0.3) is 0 Å². The number of carbonyl (C=O) groups excluding carboxylic acids is 4. The predicted molar refractivity (Wildman–Crippen MR) is 144 cm³/mol. The zero-order valence-corrected chi connectivity index (χ0v) is 23.3. The number of hydrogen-bond donors (Lipinski definition) is 1. The number of β-lactam (4-membered cyclic amide) rings is 1. The molecule has 210 valence electrons. The topological polar surface area (TPSA) is 137 Å². The van der Waals surface area contributed by atoms with E-state index in [0.29, 0.717) is 33.1 Å². The van der Waals surface area contributed by atoms with E-state index >= 15 is 0 Å². The molecular weight excluding hydrogens is 538 g/mol. The number of esters is 1. The first-order valence-electron chi connectivity index (χ1n) is 13.0. The van der Waals surface area contributed by atoms with Gasteiger partial charge in [-0.2, -0.15) is 0 Å². The fourth-order valence-corrected chi connectivity index (χ4v) is 6.66. The lowest BCUT2D eigenvalue weighted by Crippen LogP contribution is -2.63. The highest BCUT2D eigenvalue weighted by Gasteiger charge is 2.60. The molecule has 4 heterocycles. The van der Waals surface area contributed by atoms with E-state index in [2.05, 4.69) is 4.98 Å². The van der Waals surface area contributed by atoms with Crippen LogP contribution in [0.15, 0.2) is 42.5 Å². The number of ketones is 1. The van der Waals surface area contributed by atoms with Crippen molar-refractivity contribution in [2.24, 2.45) is 11.8 Å². The van der Waals surface area contributed by atoms with Gasteiger partial charge in [0.1, 0.15) is 41.5 Å². The van der Waals surface area contributed by atoms with Crippen LogP contribution in [-0.2, 0) is 25.5 Å². The molecule has 1 unspecified atom stereocenters. The molecule has 2 aliphatic rings. The van der Waals surface area contributed by atoms with Gasteiger partial charge in [-0.25, -0.2) is 14.6 Å². The molecular formula is C28H29N3O8S. The van der Waals surface area contributed by atoms with Gasteiger partial charge < -0.3 is 24.2 Å². The van der Waals surface area contributed by atoms with E-state index in [1.54, 1.807) is 29.7 Å². The number of imidazole rings is 1. The molecule has 0 radical (unpaired) electrons. The summed E-state index contributed by atoms with van der Waals surface area (Å²) in [6.45, 7) is 6.31. The summed E-state index contributed by atoms with van der Waals surface area (Å²) in [6, 6.07) is 6.68. The van der Waals surface area contributed by atoms with Crippen molar-refractivity contribution in [3.63, 3.8) is 0 Å². The van der Waals surface area contributed by atoms with E-state index in [4.69, 9.17) is 14.2 Å². The number of thiazole rings is 1. The lowest BCUT2D eigenvalue weighted by Gasteiger charge is -2.46. The zero-order valence-electron chi connectivity index (χ0n) is 22.4. The van der Waals surface area contributed by atoms with Crippen LogP contribution in [0.2, 0.25) is 0 Å². The molecule has 3 aromatic rings. The Morgan fingerprint density at radius 1 is 1.18 bits per heavy atom. The van der Waals surface area contributed by atoms with Crippen molar-refractivity contribution in [1.29, 1.82) is 0 Å². The van der Waals surface area contributed by atoms with Crippen LogP contribution in [0.4, 0.5) is 4.79 Å². The smallest absolute Gasteiger partial charge is 0.457 e.